The maximum absolute atomic E-state index is 13.2. The summed E-state index contributed by atoms with van der Waals surface area (Å²) in [5.41, 5.74) is -0.119. The lowest BCUT2D eigenvalue weighted by Crippen LogP contribution is -2.50. The molecule has 0 aromatic carbocycles. The predicted molar refractivity (Wildman–Crippen MR) is 72.8 cm³/mol. The molecule has 4 atom stereocenters. The van der Waals surface area contributed by atoms with Gasteiger partial charge in [-0.25, -0.2) is 0 Å². The van der Waals surface area contributed by atoms with Crippen LogP contribution in [0.25, 0.3) is 0 Å². The molecule has 1 spiro atoms. The third-order valence-electron chi connectivity index (χ3n) is 5.96. The lowest BCUT2D eigenvalue weighted by atomic mass is 9.66. The molecule has 3 aliphatic rings. The Morgan fingerprint density at radius 3 is 2.38 bits per heavy atom. The second-order valence-corrected chi connectivity index (χ2v) is 7.22. The van der Waals surface area contributed by atoms with Crippen molar-refractivity contribution in [3.05, 3.63) is 0 Å². The van der Waals surface area contributed by atoms with Crippen molar-refractivity contribution in [1.82, 2.24) is 0 Å². The first-order chi connectivity index (χ1) is 9.91. The quantitative estimate of drug-likeness (QED) is 0.833. The van der Waals surface area contributed by atoms with Crippen LogP contribution in [-0.4, -0.2) is 29.6 Å². The zero-order chi connectivity index (χ0) is 15.1. The van der Waals surface area contributed by atoms with E-state index >= 15 is 0 Å². The normalized spacial score (nSPS) is 38.0. The van der Waals surface area contributed by atoms with Gasteiger partial charge in [-0.2, -0.15) is 13.2 Å². The van der Waals surface area contributed by atoms with Gasteiger partial charge < -0.3 is 9.84 Å². The molecule has 0 amide bonds. The van der Waals surface area contributed by atoms with Gasteiger partial charge in [-0.3, -0.25) is 0 Å². The Balaban J connectivity index is 1.69. The molecule has 2 aliphatic carbocycles. The number of halogens is 3. The highest BCUT2D eigenvalue weighted by Gasteiger charge is 2.51. The van der Waals surface area contributed by atoms with E-state index in [2.05, 4.69) is 0 Å². The maximum Gasteiger partial charge on any atom is 0.392 e. The fourth-order valence-corrected chi connectivity index (χ4v) is 4.60. The topological polar surface area (TPSA) is 29.5 Å². The monoisotopic (exact) mass is 306 g/mol. The average Bonchev–Trinajstić information content (AvgIpc) is 2.44. The van der Waals surface area contributed by atoms with Crippen LogP contribution in [-0.2, 0) is 4.74 Å². The molecule has 1 heterocycles. The van der Waals surface area contributed by atoms with Crippen LogP contribution < -0.4 is 0 Å². The van der Waals surface area contributed by atoms with Crippen LogP contribution in [0.5, 0.6) is 0 Å². The number of alkyl halides is 3. The van der Waals surface area contributed by atoms with Crippen molar-refractivity contribution in [2.75, 3.05) is 6.61 Å². The Labute approximate surface area is 124 Å². The summed E-state index contributed by atoms with van der Waals surface area (Å²) >= 11 is 0. The Hall–Kier alpha value is -0.290. The molecule has 0 radical (unpaired) electrons. The Morgan fingerprint density at radius 2 is 1.76 bits per heavy atom. The van der Waals surface area contributed by atoms with Gasteiger partial charge in [0.25, 0.3) is 0 Å². The van der Waals surface area contributed by atoms with Gasteiger partial charge in [0.2, 0.25) is 0 Å². The molecule has 0 aromatic rings. The van der Waals surface area contributed by atoms with Crippen LogP contribution in [0, 0.1) is 17.8 Å². The summed E-state index contributed by atoms with van der Waals surface area (Å²) in [6, 6.07) is 0. The van der Waals surface area contributed by atoms with E-state index in [1.165, 1.54) is 0 Å². The van der Waals surface area contributed by atoms with Crippen LogP contribution >= 0.6 is 0 Å². The van der Waals surface area contributed by atoms with E-state index in [9.17, 15) is 18.3 Å². The van der Waals surface area contributed by atoms with Crippen LogP contribution in [0.1, 0.15) is 57.8 Å². The number of hydrogen-bond donors (Lipinski definition) is 1. The van der Waals surface area contributed by atoms with Gasteiger partial charge in [0.1, 0.15) is 0 Å². The molecule has 1 aliphatic heterocycles. The van der Waals surface area contributed by atoms with Crippen molar-refractivity contribution in [2.45, 2.75) is 75.7 Å². The van der Waals surface area contributed by atoms with Crippen molar-refractivity contribution < 1.29 is 23.0 Å². The molecule has 3 fully saturated rings. The fourth-order valence-electron chi connectivity index (χ4n) is 4.60. The smallest absolute Gasteiger partial charge is 0.392 e. The molecule has 2 nitrogen and oxygen atoms in total. The molecule has 0 bridgehead atoms. The molecule has 1 N–H and O–H groups in total. The van der Waals surface area contributed by atoms with E-state index in [4.69, 9.17) is 4.74 Å². The van der Waals surface area contributed by atoms with Crippen molar-refractivity contribution in [3.8, 4) is 0 Å². The molecule has 4 unspecified atom stereocenters. The van der Waals surface area contributed by atoms with Gasteiger partial charge in [-0.05, 0) is 56.8 Å². The van der Waals surface area contributed by atoms with Crippen LogP contribution in [0.4, 0.5) is 13.2 Å². The zero-order valence-electron chi connectivity index (χ0n) is 12.4. The van der Waals surface area contributed by atoms with E-state index in [-0.39, 0.29) is 17.9 Å². The highest BCUT2D eigenvalue weighted by molar-refractivity contribution is 4.97. The SMILES string of the molecule is OC(C1CCOC2(CCC2)C1)C1CCCCC1C(F)(F)F. The summed E-state index contributed by atoms with van der Waals surface area (Å²) in [6.07, 6.45) is 1.72. The Morgan fingerprint density at radius 1 is 1.05 bits per heavy atom. The summed E-state index contributed by atoms with van der Waals surface area (Å²) in [7, 11) is 0. The molecule has 0 aromatic heterocycles. The summed E-state index contributed by atoms with van der Waals surface area (Å²) in [5, 5.41) is 10.6. The van der Waals surface area contributed by atoms with Crippen molar-refractivity contribution in [2.24, 2.45) is 17.8 Å². The van der Waals surface area contributed by atoms with Crippen molar-refractivity contribution >= 4 is 0 Å². The zero-order valence-corrected chi connectivity index (χ0v) is 12.4. The van der Waals surface area contributed by atoms with Gasteiger partial charge in [-0.1, -0.05) is 12.8 Å². The Bertz CT molecular complexity index is 365. The van der Waals surface area contributed by atoms with Gasteiger partial charge in [0, 0.05) is 6.61 Å². The average molecular weight is 306 g/mol. The highest BCUT2D eigenvalue weighted by Crippen LogP contribution is 2.49. The first-order valence-corrected chi connectivity index (χ1v) is 8.30. The summed E-state index contributed by atoms with van der Waals surface area (Å²) in [5.74, 6) is -1.95. The minimum absolute atomic E-state index is 0.0213. The third kappa shape index (κ3) is 3.09. The second kappa shape index (κ2) is 5.73. The fraction of sp³-hybridized carbons (Fsp3) is 1.00. The molecule has 21 heavy (non-hydrogen) atoms. The number of aliphatic hydroxyl groups is 1. The molecule has 1 saturated heterocycles. The van der Waals surface area contributed by atoms with Crippen molar-refractivity contribution in [1.29, 1.82) is 0 Å². The first-order valence-electron chi connectivity index (χ1n) is 8.30. The summed E-state index contributed by atoms with van der Waals surface area (Å²) in [6.45, 7) is 0.588. The maximum atomic E-state index is 13.2. The van der Waals surface area contributed by atoms with E-state index in [1.807, 2.05) is 0 Å². The molecule has 2 saturated carbocycles. The van der Waals surface area contributed by atoms with Crippen LogP contribution in [0.3, 0.4) is 0 Å². The lowest BCUT2D eigenvalue weighted by molar-refractivity contribution is -0.217. The minimum atomic E-state index is -4.18. The Kier molecular flexibility index (Phi) is 4.25. The second-order valence-electron chi connectivity index (χ2n) is 7.22. The molecular weight excluding hydrogens is 281 g/mol. The number of rotatable bonds is 2. The molecule has 3 rings (SSSR count). The van der Waals surface area contributed by atoms with E-state index in [0.29, 0.717) is 25.9 Å². The van der Waals surface area contributed by atoms with Gasteiger partial charge >= 0.3 is 6.18 Å². The van der Waals surface area contributed by atoms with Crippen LogP contribution in [0.2, 0.25) is 0 Å². The summed E-state index contributed by atoms with van der Waals surface area (Å²) in [4.78, 5) is 0. The van der Waals surface area contributed by atoms with Gasteiger partial charge in [0.15, 0.2) is 0 Å². The largest absolute Gasteiger partial charge is 0.393 e. The number of ether oxygens (including phenoxy) is 1. The van der Waals surface area contributed by atoms with E-state index < -0.39 is 24.1 Å². The van der Waals surface area contributed by atoms with E-state index in [1.54, 1.807) is 0 Å². The van der Waals surface area contributed by atoms with Crippen LogP contribution in [0.15, 0.2) is 0 Å². The highest BCUT2D eigenvalue weighted by atomic mass is 19.4. The standard InChI is InChI=1S/C16H25F3O2/c17-16(18,19)13-5-2-1-4-12(13)14(20)11-6-9-21-15(10-11)7-3-8-15/h11-14,20H,1-10H2. The van der Waals surface area contributed by atoms with Crippen molar-refractivity contribution in [3.63, 3.8) is 0 Å². The van der Waals surface area contributed by atoms with Gasteiger partial charge in [0.05, 0.1) is 17.6 Å². The lowest BCUT2D eigenvalue weighted by Gasteiger charge is -2.49. The molecule has 122 valence electrons. The predicted octanol–water partition coefficient (Wildman–Crippen LogP) is 4.07. The third-order valence-corrected chi connectivity index (χ3v) is 5.96. The number of aliphatic hydroxyl groups excluding tert-OH is 1. The number of hydrogen-bond acceptors (Lipinski definition) is 2. The molecular formula is C16H25F3O2. The summed E-state index contributed by atoms with van der Waals surface area (Å²) < 4.78 is 45.5. The minimum Gasteiger partial charge on any atom is -0.393 e. The van der Waals surface area contributed by atoms with Gasteiger partial charge in [-0.15, -0.1) is 0 Å². The van der Waals surface area contributed by atoms with E-state index in [0.717, 1.165) is 32.1 Å². The molecule has 5 heteroatoms. The first kappa shape index (κ1) is 15.6.